The third kappa shape index (κ3) is 8.43. The van der Waals surface area contributed by atoms with Crippen LogP contribution in [0.5, 0.6) is 5.75 Å². The summed E-state index contributed by atoms with van der Waals surface area (Å²) in [5.74, 6) is -3.48. The van der Waals surface area contributed by atoms with Gasteiger partial charge in [0.05, 0.1) is 19.4 Å². The SMILES string of the molecule is CCCCCCCOCCc1cccc(-c2csc(NC(=O)c3cc(F)c(C=C(C)C(=O)O)c(F)c3)n2)c1OC. The van der Waals surface area contributed by atoms with Crippen molar-refractivity contribution >= 4 is 34.4 Å². The van der Waals surface area contributed by atoms with E-state index in [9.17, 15) is 18.4 Å². The molecule has 3 rings (SSSR count). The topological polar surface area (TPSA) is 97.8 Å². The molecule has 0 aliphatic carbocycles. The highest BCUT2D eigenvalue weighted by atomic mass is 32.1. The lowest BCUT2D eigenvalue weighted by molar-refractivity contribution is -0.132. The second-order valence-corrected chi connectivity index (χ2v) is 10.1. The van der Waals surface area contributed by atoms with Gasteiger partial charge in [-0.2, -0.15) is 0 Å². The van der Waals surface area contributed by atoms with E-state index in [1.54, 1.807) is 12.5 Å². The van der Waals surface area contributed by atoms with Crippen molar-refractivity contribution in [3.8, 4) is 17.0 Å². The number of nitrogens with one attached hydrogen (secondary N) is 1. The molecule has 0 spiro atoms. The van der Waals surface area contributed by atoms with Crippen LogP contribution in [-0.2, 0) is 16.0 Å². The molecule has 0 atom stereocenters. The molecule has 1 heterocycles. The molecular weight excluding hydrogens is 538 g/mol. The summed E-state index contributed by atoms with van der Waals surface area (Å²) in [7, 11) is 1.59. The van der Waals surface area contributed by atoms with E-state index in [-0.39, 0.29) is 16.3 Å². The van der Waals surface area contributed by atoms with E-state index < -0.39 is 29.1 Å². The van der Waals surface area contributed by atoms with Crippen LogP contribution in [0.25, 0.3) is 17.3 Å². The number of aliphatic carboxylic acids is 1. The predicted octanol–water partition coefficient (Wildman–Crippen LogP) is 7.37. The molecule has 7 nitrogen and oxygen atoms in total. The van der Waals surface area contributed by atoms with Gasteiger partial charge in [0.1, 0.15) is 17.4 Å². The Morgan fingerprint density at radius 2 is 1.82 bits per heavy atom. The molecule has 2 aromatic carbocycles. The first-order chi connectivity index (χ1) is 19.2. The number of halogens is 2. The maximum Gasteiger partial charge on any atom is 0.331 e. The molecule has 0 fully saturated rings. The van der Waals surface area contributed by atoms with Gasteiger partial charge >= 0.3 is 5.97 Å². The van der Waals surface area contributed by atoms with Crippen LogP contribution in [0.1, 0.15) is 67.4 Å². The Hall–Kier alpha value is -3.63. The first-order valence-electron chi connectivity index (χ1n) is 13.2. The van der Waals surface area contributed by atoms with Gasteiger partial charge < -0.3 is 14.6 Å². The minimum Gasteiger partial charge on any atom is -0.496 e. The predicted molar refractivity (Wildman–Crippen MR) is 153 cm³/mol. The number of methoxy groups -OCH3 is 1. The van der Waals surface area contributed by atoms with Crippen molar-refractivity contribution in [2.45, 2.75) is 52.4 Å². The van der Waals surface area contributed by atoms with Gasteiger partial charge in [0.15, 0.2) is 5.13 Å². The molecule has 0 saturated carbocycles. The summed E-state index contributed by atoms with van der Waals surface area (Å²) in [6.07, 6.45) is 7.48. The molecular formula is C30H34F2N2O5S. The monoisotopic (exact) mass is 572 g/mol. The summed E-state index contributed by atoms with van der Waals surface area (Å²) in [6, 6.07) is 7.46. The Bertz CT molecular complexity index is 1330. The molecule has 10 heteroatoms. The lowest BCUT2D eigenvalue weighted by Gasteiger charge is -2.13. The maximum absolute atomic E-state index is 14.5. The molecule has 0 saturated heterocycles. The number of unbranched alkanes of at least 4 members (excludes halogenated alkanes) is 4. The Morgan fingerprint density at radius 1 is 1.10 bits per heavy atom. The summed E-state index contributed by atoms with van der Waals surface area (Å²) in [5, 5.41) is 13.5. The lowest BCUT2D eigenvalue weighted by Crippen LogP contribution is -2.13. The van der Waals surface area contributed by atoms with Gasteiger partial charge in [-0.25, -0.2) is 18.6 Å². The minimum atomic E-state index is -1.30. The number of thiazole rings is 1. The number of aromatic nitrogens is 1. The number of para-hydroxylation sites is 1. The molecule has 0 aliphatic heterocycles. The van der Waals surface area contributed by atoms with Crippen LogP contribution in [0, 0.1) is 11.6 Å². The molecule has 0 aliphatic rings. The van der Waals surface area contributed by atoms with Crippen molar-refractivity contribution in [2.75, 3.05) is 25.6 Å². The number of anilines is 1. The first kappa shape index (κ1) is 30.9. The summed E-state index contributed by atoms with van der Waals surface area (Å²) >= 11 is 1.16. The van der Waals surface area contributed by atoms with Crippen molar-refractivity contribution in [3.63, 3.8) is 0 Å². The molecule has 0 radical (unpaired) electrons. The number of ether oxygens (including phenoxy) is 2. The highest BCUT2D eigenvalue weighted by Gasteiger charge is 2.18. The molecule has 40 heavy (non-hydrogen) atoms. The standard InChI is InChI=1S/C30H34F2N2O5S/c1-4-5-6-7-8-13-39-14-12-20-10-9-11-22(27(20)38-3)26-18-40-30(33-26)34-28(35)21-16-24(31)23(25(32)17-21)15-19(2)29(36)37/h9-11,15-18H,4-8,12-14H2,1-3H3,(H,36,37)(H,33,34,35). The van der Waals surface area contributed by atoms with Gasteiger partial charge in [-0.15, -0.1) is 11.3 Å². The molecule has 214 valence electrons. The number of carboxylic acids is 1. The number of hydrogen-bond donors (Lipinski definition) is 2. The zero-order valence-electron chi connectivity index (χ0n) is 22.9. The Morgan fingerprint density at radius 3 is 2.50 bits per heavy atom. The fourth-order valence-electron chi connectivity index (χ4n) is 4.07. The summed E-state index contributed by atoms with van der Waals surface area (Å²) < 4.78 is 40.5. The fraction of sp³-hybridized carbons (Fsp3) is 0.367. The van der Waals surface area contributed by atoms with Gasteiger partial charge in [-0.3, -0.25) is 10.1 Å². The molecule has 0 bridgehead atoms. The zero-order valence-corrected chi connectivity index (χ0v) is 23.7. The maximum atomic E-state index is 14.5. The Balaban J connectivity index is 1.67. The van der Waals surface area contributed by atoms with Crippen LogP contribution in [0.3, 0.4) is 0 Å². The quantitative estimate of drug-likeness (QED) is 0.146. The lowest BCUT2D eigenvalue weighted by atomic mass is 10.0. The average molecular weight is 573 g/mol. The van der Waals surface area contributed by atoms with Crippen molar-refractivity contribution in [2.24, 2.45) is 0 Å². The van der Waals surface area contributed by atoms with Gasteiger partial charge in [-0.05, 0) is 49.6 Å². The van der Waals surface area contributed by atoms with Gasteiger partial charge in [0.2, 0.25) is 0 Å². The van der Waals surface area contributed by atoms with Crippen molar-refractivity contribution in [1.29, 1.82) is 0 Å². The van der Waals surface area contributed by atoms with Crippen molar-refractivity contribution in [1.82, 2.24) is 4.98 Å². The number of nitrogens with zero attached hydrogens (tertiary/aromatic N) is 1. The molecule has 0 unspecified atom stereocenters. The molecule has 3 aromatic rings. The Labute approximate surface area is 236 Å². The highest BCUT2D eigenvalue weighted by molar-refractivity contribution is 7.14. The molecule has 1 aromatic heterocycles. The number of carbonyl (C=O) groups is 2. The van der Waals surface area contributed by atoms with E-state index in [0.717, 1.165) is 53.7 Å². The van der Waals surface area contributed by atoms with Crippen molar-refractivity contribution in [3.05, 3.63) is 69.6 Å². The van der Waals surface area contributed by atoms with E-state index in [1.165, 1.54) is 32.6 Å². The highest BCUT2D eigenvalue weighted by Crippen LogP contribution is 2.35. The van der Waals surface area contributed by atoms with E-state index in [4.69, 9.17) is 14.6 Å². The van der Waals surface area contributed by atoms with Crippen LogP contribution >= 0.6 is 11.3 Å². The second-order valence-electron chi connectivity index (χ2n) is 9.25. The normalized spacial score (nSPS) is 11.5. The fourth-order valence-corrected chi connectivity index (χ4v) is 4.78. The summed E-state index contributed by atoms with van der Waals surface area (Å²) in [4.78, 5) is 28.2. The average Bonchev–Trinajstić information content (AvgIpc) is 3.39. The number of hydrogen-bond acceptors (Lipinski definition) is 6. The first-order valence-corrected chi connectivity index (χ1v) is 14.0. The number of amides is 1. The number of carbonyl (C=O) groups excluding carboxylic acids is 1. The summed E-state index contributed by atoms with van der Waals surface area (Å²) in [6.45, 7) is 4.72. The van der Waals surface area contributed by atoms with Gasteiger partial charge in [0.25, 0.3) is 5.91 Å². The van der Waals surface area contributed by atoms with Crippen LogP contribution in [0.15, 0.2) is 41.3 Å². The molecule has 2 N–H and O–H groups in total. The smallest absolute Gasteiger partial charge is 0.331 e. The van der Waals surface area contributed by atoms with Gasteiger partial charge in [-0.1, -0.05) is 44.7 Å². The second kappa shape index (κ2) is 15.2. The summed E-state index contributed by atoms with van der Waals surface area (Å²) in [5.41, 5.74) is 1.27. The van der Waals surface area contributed by atoms with E-state index in [2.05, 4.69) is 17.2 Å². The molecule has 1 amide bonds. The van der Waals surface area contributed by atoms with E-state index >= 15 is 0 Å². The van der Waals surface area contributed by atoms with E-state index in [0.29, 0.717) is 24.5 Å². The number of carboxylic acid groups (broad SMARTS) is 1. The minimum absolute atomic E-state index is 0.241. The van der Waals surface area contributed by atoms with Gasteiger partial charge in [0, 0.05) is 34.3 Å². The third-order valence-corrected chi connectivity index (χ3v) is 7.01. The number of rotatable bonds is 15. The van der Waals surface area contributed by atoms with Crippen LogP contribution in [0.4, 0.5) is 13.9 Å². The van der Waals surface area contributed by atoms with Crippen LogP contribution in [-0.4, -0.2) is 42.3 Å². The van der Waals surface area contributed by atoms with Crippen LogP contribution in [0.2, 0.25) is 0 Å². The largest absolute Gasteiger partial charge is 0.496 e. The Kier molecular flexibility index (Phi) is 11.8. The third-order valence-electron chi connectivity index (χ3n) is 6.25. The van der Waals surface area contributed by atoms with Crippen LogP contribution < -0.4 is 10.1 Å². The van der Waals surface area contributed by atoms with E-state index in [1.807, 2.05) is 18.2 Å². The zero-order chi connectivity index (χ0) is 29.1. The number of benzene rings is 2. The van der Waals surface area contributed by atoms with Crippen molar-refractivity contribution < 1.29 is 33.0 Å².